The molecule has 1 fully saturated rings. The van der Waals surface area contributed by atoms with E-state index in [2.05, 4.69) is 6.92 Å². The quantitative estimate of drug-likeness (QED) is 0.918. The molecule has 2 aliphatic heterocycles. The second-order valence-electron chi connectivity index (χ2n) is 5.86. The number of carbonyl (C=O) groups excluding carboxylic acids is 2. The Bertz CT molecular complexity index is 617. The Morgan fingerprint density at radius 3 is 2.82 bits per heavy atom. The van der Waals surface area contributed by atoms with Crippen molar-refractivity contribution in [2.45, 2.75) is 38.8 Å². The van der Waals surface area contributed by atoms with Crippen LogP contribution in [0.4, 0.5) is 16.2 Å². The van der Waals surface area contributed by atoms with Gasteiger partial charge in [-0.3, -0.25) is 9.69 Å². The molecule has 0 spiro atoms. The van der Waals surface area contributed by atoms with Crippen LogP contribution in [0.2, 0.25) is 0 Å². The highest BCUT2D eigenvalue weighted by Crippen LogP contribution is 2.35. The van der Waals surface area contributed by atoms with Crippen LogP contribution in [0.25, 0.3) is 0 Å². The Hall–Kier alpha value is -2.08. The van der Waals surface area contributed by atoms with Gasteiger partial charge in [-0.05, 0) is 37.1 Å². The monoisotopic (exact) mass is 303 g/mol. The number of cyclic esters (lactones) is 1. The average Bonchev–Trinajstić information content (AvgIpc) is 3.04. The third kappa shape index (κ3) is 2.33. The molecule has 0 saturated carbocycles. The van der Waals surface area contributed by atoms with Crippen LogP contribution in [0, 0.1) is 0 Å². The van der Waals surface area contributed by atoms with Crippen molar-refractivity contribution in [2.24, 2.45) is 5.73 Å². The molecule has 0 bridgehead atoms. The van der Waals surface area contributed by atoms with Crippen molar-refractivity contribution in [2.75, 3.05) is 22.9 Å². The fourth-order valence-electron chi connectivity index (χ4n) is 3.02. The van der Waals surface area contributed by atoms with Crippen molar-refractivity contribution in [3.8, 4) is 0 Å². The summed E-state index contributed by atoms with van der Waals surface area (Å²) in [6.45, 7) is 4.88. The smallest absolute Gasteiger partial charge is 0.414 e. The number of nitrogens with two attached hydrogens (primary N) is 1. The second-order valence-corrected chi connectivity index (χ2v) is 5.86. The highest BCUT2D eigenvalue weighted by atomic mass is 16.6. The van der Waals surface area contributed by atoms with Gasteiger partial charge < -0.3 is 15.4 Å². The Morgan fingerprint density at radius 1 is 1.41 bits per heavy atom. The largest absolute Gasteiger partial charge is 0.443 e. The lowest BCUT2D eigenvalue weighted by Crippen LogP contribution is -2.35. The molecule has 1 aromatic rings. The van der Waals surface area contributed by atoms with Crippen molar-refractivity contribution in [3.05, 3.63) is 23.8 Å². The first-order valence-corrected chi connectivity index (χ1v) is 7.68. The SMILES string of the molecule is CCC(C)N1C(=O)Cc2cc(N3C[C@@H](CN)OC3=O)ccc21. The van der Waals surface area contributed by atoms with Crippen LogP contribution in [0.3, 0.4) is 0 Å². The second kappa shape index (κ2) is 5.61. The lowest BCUT2D eigenvalue weighted by atomic mass is 10.1. The molecule has 6 heteroatoms. The normalized spacial score (nSPS) is 22.0. The van der Waals surface area contributed by atoms with Gasteiger partial charge in [0.1, 0.15) is 6.10 Å². The topological polar surface area (TPSA) is 75.9 Å². The molecule has 22 heavy (non-hydrogen) atoms. The number of rotatable bonds is 4. The summed E-state index contributed by atoms with van der Waals surface area (Å²) in [6.07, 6.45) is 0.651. The van der Waals surface area contributed by atoms with E-state index in [-0.39, 0.29) is 24.1 Å². The van der Waals surface area contributed by atoms with E-state index in [9.17, 15) is 9.59 Å². The minimum Gasteiger partial charge on any atom is -0.443 e. The zero-order chi connectivity index (χ0) is 15.9. The maximum atomic E-state index is 12.2. The van der Waals surface area contributed by atoms with Gasteiger partial charge >= 0.3 is 6.09 Å². The van der Waals surface area contributed by atoms with E-state index in [1.807, 2.05) is 30.0 Å². The van der Waals surface area contributed by atoms with Crippen molar-refractivity contribution in [1.82, 2.24) is 0 Å². The third-order valence-electron chi connectivity index (χ3n) is 4.41. The molecular weight excluding hydrogens is 282 g/mol. The third-order valence-corrected chi connectivity index (χ3v) is 4.41. The molecule has 0 radical (unpaired) electrons. The van der Waals surface area contributed by atoms with Gasteiger partial charge in [-0.1, -0.05) is 6.92 Å². The zero-order valence-electron chi connectivity index (χ0n) is 12.9. The van der Waals surface area contributed by atoms with Crippen LogP contribution in [0.5, 0.6) is 0 Å². The van der Waals surface area contributed by atoms with E-state index in [1.165, 1.54) is 0 Å². The van der Waals surface area contributed by atoms with Gasteiger partial charge in [0.05, 0.1) is 13.0 Å². The van der Waals surface area contributed by atoms with Crippen LogP contribution in [0.1, 0.15) is 25.8 Å². The van der Waals surface area contributed by atoms with Crippen molar-refractivity contribution >= 4 is 23.4 Å². The predicted octanol–water partition coefficient (Wildman–Crippen LogP) is 1.66. The van der Waals surface area contributed by atoms with Gasteiger partial charge in [0.15, 0.2) is 0 Å². The maximum Gasteiger partial charge on any atom is 0.414 e. The number of ether oxygens (including phenoxy) is 1. The molecule has 2 aliphatic rings. The van der Waals surface area contributed by atoms with E-state index in [4.69, 9.17) is 10.5 Å². The van der Waals surface area contributed by atoms with Gasteiger partial charge in [0, 0.05) is 24.0 Å². The molecule has 2 amide bonds. The number of nitrogens with zero attached hydrogens (tertiary/aromatic N) is 2. The van der Waals surface area contributed by atoms with Crippen molar-refractivity contribution in [3.63, 3.8) is 0 Å². The first-order valence-electron chi connectivity index (χ1n) is 7.68. The first kappa shape index (κ1) is 14.8. The minimum atomic E-state index is -0.376. The van der Waals surface area contributed by atoms with Crippen LogP contribution >= 0.6 is 0 Å². The molecule has 6 nitrogen and oxygen atoms in total. The standard InChI is InChI=1S/C16H21N3O3/c1-3-10(2)19-14-5-4-12(6-11(14)7-15(19)20)18-9-13(8-17)22-16(18)21/h4-6,10,13H,3,7-9,17H2,1-2H3/t10?,13-/m1/s1. The van der Waals surface area contributed by atoms with E-state index in [0.717, 1.165) is 23.4 Å². The number of hydrogen-bond donors (Lipinski definition) is 1. The number of benzene rings is 1. The number of hydrogen-bond acceptors (Lipinski definition) is 4. The first-order chi connectivity index (χ1) is 10.5. The van der Waals surface area contributed by atoms with Crippen molar-refractivity contribution in [1.29, 1.82) is 0 Å². The minimum absolute atomic E-state index is 0.116. The zero-order valence-corrected chi connectivity index (χ0v) is 12.9. The Labute approximate surface area is 129 Å². The van der Waals surface area contributed by atoms with Crippen LogP contribution in [0.15, 0.2) is 18.2 Å². The highest BCUT2D eigenvalue weighted by molar-refractivity contribution is 6.02. The summed E-state index contributed by atoms with van der Waals surface area (Å²) in [4.78, 5) is 27.6. The van der Waals surface area contributed by atoms with Crippen LogP contribution in [-0.2, 0) is 16.0 Å². The Morgan fingerprint density at radius 2 is 2.18 bits per heavy atom. The molecule has 3 rings (SSSR count). The number of fused-ring (bicyclic) bond motifs is 1. The van der Waals surface area contributed by atoms with Gasteiger partial charge in [-0.15, -0.1) is 0 Å². The van der Waals surface area contributed by atoms with Crippen LogP contribution in [-0.4, -0.2) is 37.2 Å². The van der Waals surface area contributed by atoms with E-state index in [1.54, 1.807) is 4.90 Å². The molecule has 2 atom stereocenters. The number of amides is 2. The molecule has 2 heterocycles. The average molecular weight is 303 g/mol. The van der Waals surface area contributed by atoms with Crippen LogP contribution < -0.4 is 15.5 Å². The number of anilines is 2. The highest BCUT2D eigenvalue weighted by Gasteiger charge is 2.34. The molecule has 1 aromatic carbocycles. The van der Waals surface area contributed by atoms with E-state index in [0.29, 0.717) is 19.5 Å². The summed E-state index contributed by atoms with van der Waals surface area (Å²) in [5, 5.41) is 0. The molecule has 1 unspecified atom stereocenters. The van der Waals surface area contributed by atoms with Gasteiger partial charge in [-0.2, -0.15) is 0 Å². The summed E-state index contributed by atoms with van der Waals surface area (Å²) >= 11 is 0. The summed E-state index contributed by atoms with van der Waals surface area (Å²) in [5.74, 6) is 0.116. The molecule has 118 valence electrons. The Kier molecular flexibility index (Phi) is 3.78. The summed E-state index contributed by atoms with van der Waals surface area (Å²) in [5.41, 5.74) is 8.23. The molecular formula is C16H21N3O3. The molecule has 2 N–H and O–H groups in total. The molecule has 0 aliphatic carbocycles. The fraction of sp³-hybridized carbons (Fsp3) is 0.500. The number of carbonyl (C=O) groups is 2. The lowest BCUT2D eigenvalue weighted by Gasteiger charge is -2.24. The lowest BCUT2D eigenvalue weighted by molar-refractivity contribution is -0.117. The van der Waals surface area contributed by atoms with Gasteiger partial charge in [0.2, 0.25) is 5.91 Å². The Balaban J connectivity index is 1.89. The van der Waals surface area contributed by atoms with E-state index >= 15 is 0 Å². The maximum absolute atomic E-state index is 12.2. The molecule has 1 saturated heterocycles. The molecule has 0 aromatic heterocycles. The summed E-state index contributed by atoms with van der Waals surface area (Å²) < 4.78 is 5.18. The summed E-state index contributed by atoms with van der Waals surface area (Å²) in [7, 11) is 0. The van der Waals surface area contributed by atoms with Gasteiger partial charge in [0.25, 0.3) is 0 Å². The predicted molar refractivity (Wildman–Crippen MR) is 84.1 cm³/mol. The van der Waals surface area contributed by atoms with Gasteiger partial charge in [-0.25, -0.2) is 4.79 Å². The summed E-state index contributed by atoms with van der Waals surface area (Å²) in [6, 6.07) is 5.88. The van der Waals surface area contributed by atoms with E-state index < -0.39 is 0 Å². The fourth-order valence-corrected chi connectivity index (χ4v) is 3.02. The van der Waals surface area contributed by atoms with Crippen molar-refractivity contribution < 1.29 is 14.3 Å².